The van der Waals surface area contributed by atoms with Gasteiger partial charge in [0.2, 0.25) is 0 Å². The van der Waals surface area contributed by atoms with Gasteiger partial charge >= 0.3 is 0 Å². The SMILES string of the molecule is c1ccc2c(c1)-c1ccccc1C21c2cc(-c3ccc4ccc5cccc6ccc3c4c56)ccc2-c2c1c(-c1ccc3c(c1)oc1ccccc13)cc1ccccc21. The summed E-state index contributed by atoms with van der Waals surface area (Å²) in [6.45, 7) is 0. The van der Waals surface area contributed by atoms with E-state index in [0.29, 0.717) is 0 Å². The average Bonchev–Trinajstić information content (AvgIpc) is 3.92. The summed E-state index contributed by atoms with van der Waals surface area (Å²) in [7, 11) is 0. The Balaban J connectivity index is 1.12. The monoisotopic (exact) mass is 732 g/mol. The van der Waals surface area contributed by atoms with Crippen molar-refractivity contribution >= 4 is 65.0 Å². The van der Waals surface area contributed by atoms with Crippen molar-refractivity contribution in [1.82, 2.24) is 0 Å². The minimum absolute atomic E-state index is 0.556. The van der Waals surface area contributed by atoms with Crippen molar-refractivity contribution in [3.8, 4) is 44.5 Å². The zero-order valence-corrected chi connectivity index (χ0v) is 31.4. The van der Waals surface area contributed by atoms with Crippen LogP contribution in [-0.2, 0) is 5.41 Å². The van der Waals surface area contributed by atoms with Gasteiger partial charge < -0.3 is 4.42 Å². The van der Waals surface area contributed by atoms with Crippen LogP contribution in [0.1, 0.15) is 22.3 Å². The molecule has 14 rings (SSSR count). The Morgan fingerprint density at radius 1 is 0.310 bits per heavy atom. The molecule has 0 saturated carbocycles. The lowest BCUT2D eigenvalue weighted by Crippen LogP contribution is -2.26. The molecule has 0 N–H and O–H groups in total. The van der Waals surface area contributed by atoms with E-state index >= 15 is 0 Å². The zero-order valence-electron chi connectivity index (χ0n) is 31.4. The molecule has 0 atom stereocenters. The van der Waals surface area contributed by atoms with Crippen LogP contribution in [0.5, 0.6) is 0 Å². The first kappa shape index (κ1) is 30.7. The fourth-order valence-corrected chi connectivity index (χ4v) is 11.3. The molecule has 0 saturated heterocycles. The Bertz CT molecular complexity index is 3690. The van der Waals surface area contributed by atoms with Crippen molar-refractivity contribution in [3.05, 3.63) is 216 Å². The maximum absolute atomic E-state index is 6.56. The fourth-order valence-electron chi connectivity index (χ4n) is 11.3. The topological polar surface area (TPSA) is 13.1 Å². The summed E-state index contributed by atoms with van der Waals surface area (Å²) in [5.41, 5.74) is 16.8. The van der Waals surface area contributed by atoms with Crippen LogP contribution in [0.25, 0.3) is 110 Å². The normalized spacial score (nSPS) is 13.7. The maximum atomic E-state index is 6.56. The van der Waals surface area contributed by atoms with Crippen molar-refractivity contribution in [2.24, 2.45) is 0 Å². The van der Waals surface area contributed by atoms with E-state index in [-0.39, 0.29) is 0 Å². The third-order valence-electron chi connectivity index (χ3n) is 13.6. The summed E-state index contributed by atoms with van der Waals surface area (Å²) in [5, 5.41) is 12.6. The quantitative estimate of drug-likeness (QED) is 0.161. The maximum Gasteiger partial charge on any atom is 0.136 e. The van der Waals surface area contributed by atoms with Crippen molar-refractivity contribution in [2.75, 3.05) is 0 Å². The number of furan rings is 1. The molecule has 0 aliphatic heterocycles. The van der Waals surface area contributed by atoms with Crippen LogP contribution in [0.3, 0.4) is 0 Å². The molecule has 0 bridgehead atoms. The minimum atomic E-state index is -0.556. The van der Waals surface area contributed by atoms with Crippen LogP contribution in [0.15, 0.2) is 199 Å². The third-order valence-corrected chi connectivity index (χ3v) is 13.6. The van der Waals surface area contributed by atoms with Gasteiger partial charge in [0, 0.05) is 10.8 Å². The molecule has 2 aliphatic rings. The molecule has 1 heteroatoms. The molecule has 1 heterocycles. The van der Waals surface area contributed by atoms with Crippen LogP contribution in [-0.4, -0.2) is 0 Å². The van der Waals surface area contributed by atoms with E-state index in [1.807, 2.05) is 0 Å². The smallest absolute Gasteiger partial charge is 0.136 e. The van der Waals surface area contributed by atoms with Crippen molar-refractivity contribution in [2.45, 2.75) is 5.41 Å². The molecule has 0 amide bonds. The summed E-state index contributed by atoms with van der Waals surface area (Å²) in [5.74, 6) is 0. The second-order valence-electron chi connectivity index (χ2n) is 16.3. The van der Waals surface area contributed by atoms with Gasteiger partial charge in [-0.25, -0.2) is 0 Å². The van der Waals surface area contributed by atoms with Crippen LogP contribution >= 0.6 is 0 Å². The predicted molar refractivity (Wildman–Crippen MR) is 242 cm³/mol. The lowest BCUT2D eigenvalue weighted by atomic mass is 9.68. The first-order valence-corrected chi connectivity index (χ1v) is 20.2. The zero-order chi connectivity index (χ0) is 37.7. The van der Waals surface area contributed by atoms with Gasteiger partial charge in [-0.3, -0.25) is 0 Å². The number of rotatable bonds is 2. The second-order valence-corrected chi connectivity index (χ2v) is 16.3. The number of para-hydroxylation sites is 1. The van der Waals surface area contributed by atoms with Gasteiger partial charge in [-0.15, -0.1) is 0 Å². The number of fused-ring (bicyclic) bond motifs is 15. The summed E-state index contributed by atoms with van der Waals surface area (Å²) in [6.07, 6.45) is 0. The third kappa shape index (κ3) is 3.72. The lowest BCUT2D eigenvalue weighted by Gasteiger charge is -2.33. The van der Waals surface area contributed by atoms with Crippen LogP contribution < -0.4 is 0 Å². The number of hydrogen-bond acceptors (Lipinski definition) is 1. The first-order valence-electron chi connectivity index (χ1n) is 20.2. The second kappa shape index (κ2) is 10.9. The molecule has 266 valence electrons. The molecule has 2 aliphatic carbocycles. The van der Waals surface area contributed by atoms with E-state index in [2.05, 4.69) is 194 Å². The molecule has 0 unspecified atom stereocenters. The van der Waals surface area contributed by atoms with Crippen LogP contribution in [0, 0.1) is 0 Å². The highest BCUT2D eigenvalue weighted by Gasteiger charge is 2.53. The highest BCUT2D eigenvalue weighted by Crippen LogP contribution is 2.66. The van der Waals surface area contributed by atoms with Gasteiger partial charge in [0.05, 0.1) is 5.41 Å². The summed E-state index contributed by atoms with van der Waals surface area (Å²) < 4.78 is 6.56. The predicted octanol–water partition coefficient (Wildman–Crippen LogP) is 15.3. The minimum Gasteiger partial charge on any atom is -0.456 e. The van der Waals surface area contributed by atoms with E-state index in [1.54, 1.807) is 0 Å². The van der Waals surface area contributed by atoms with Crippen molar-refractivity contribution < 1.29 is 4.42 Å². The molecule has 11 aromatic carbocycles. The molecule has 58 heavy (non-hydrogen) atoms. The van der Waals surface area contributed by atoms with Gasteiger partial charge in [-0.05, 0) is 140 Å². The van der Waals surface area contributed by atoms with E-state index in [9.17, 15) is 0 Å². The number of benzene rings is 11. The van der Waals surface area contributed by atoms with Gasteiger partial charge in [0.25, 0.3) is 0 Å². The summed E-state index contributed by atoms with van der Waals surface area (Å²) in [4.78, 5) is 0. The molecule has 0 radical (unpaired) electrons. The van der Waals surface area contributed by atoms with Crippen molar-refractivity contribution in [3.63, 3.8) is 0 Å². The van der Waals surface area contributed by atoms with Crippen LogP contribution in [0.4, 0.5) is 0 Å². The Hall–Kier alpha value is -7.48. The molecular weight excluding hydrogens is 701 g/mol. The standard InChI is InChI=1S/C57H32O/c1-2-13-40-36(10-1)30-47(38-24-27-44-43-16-5-8-19-51(43)58-52(44)32-38)56-55(40)46-29-25-37(31-50(46)57(56)48-17-6-3-14-41(48)42-15-4-7-18-49(42)57)39-26-22-35-21-20-33-11-9-12-34-23-28-45(39)54(35)53(33)34/h1-32H. The van der Waals surface area contributed by atoms with E-state index < -0.39 is 5.41 Å². The molecular formula is C57H32O. The Morgan fingerprint density at radius 2 is 0.897 bits per heavy atom. The largest absolute Gasteiger partial charge is 0.456 e. The van der Waals surface area contributed by atoms with Gasteiger partial charge in [-0.1, -0.05) is 164 Å². The highest BCUT2D eigenvalue weighted by molar-refractivity contribution is 6.25. The van der Waals surface area contributed by atoms with Crippen molar-refractivity contribution in [1.29, 1.82) is 0 Å². The molecule has 1 spiro atoms. The molecule has 12 aromatic rings. The van der Waals surface area contributed by atoms with E-state index in [0.717, 1.165) is 27.5 Å². The molecule has 0 fully saturated rings. The van der Waals surface area contributed by atoms with Gasteiger partial charge in [-0.2, -0.15) is 0 Å². The fraction of sp³-hybridized carbons (Fsp3) is 0.0175. The Morgan fingerprint density at radius 3 is 1.72 bits per heavy atom. The summed E-state index contributed by atoms with van der Waals surface area (Å²) >= 11 is 0. The van der Waals surface area contributed by atoms with E-state index in [1.165, 1.54) is 104 Å². The summed E-state index contributed by atoms with van der Waals surface area (Å²) in [6, 6.07) is 72.8. The average molecular weight is 733 g/mol. The van der Waals surface area contributed by atoms with Crippen LogP contribution in [0.2, 0.25) is 0 Å². The molecule has 1 aromatic heterocycles. The first-order chi connectivity index (χ1) is 28.8. The van der Waals surface area contributed by atoms with E-state index in [4.69, 9.17) is 4.42 Å². The van der Waals surface area contributed by atoms with Gasteiger partial charge in [0.1, 0.15) is 11.2 Å². The van der Waals surface area contributed by atoms with Gasteiger partial charge in [0.15, 0.2) is 0 Å². The Labute approximate surface area is 334 Å². The lowest BCUT2D eigenvalue weighted by molar-refractivity contribution is 0.669. The number of hydrogen-bond donors (Lipinski definition) is 0. The molecule has 1 nitrogen and oxygen atoms in total. The Kier molecular flexibility index (Phi) is 5.76. The highest BCUT2D eigenvalue weighted by atomic mass is 16.3.